The summed E-state index contributed by atoms with van der Waals surface area (Å²) in [5.74, 6) is 0.687. The molecule has 0 heterocycles. The SMILES string of the molecule is CCNC(=NCC1(c2ccccc2F)CC1)NC(C)(C)C.I. The zero-order chi connectivity index (χ0) is 15.5. The summed E-state index contributed by atoms with van der Waals surface area (Å²) in [5.41, 5.74) is 0.654. The van der Waals surface area contributed by atoms with Crippen molar-refractivity contribution >= 4 is 29.9 Å². The fourth-order valence-corrected chi connectivity index (χ4v) is 2.45. The first-order valence-corrected chi connectivity index (χ1v) is 7.68. The maximum absolute atomic E-state index is 14.0. The van der Waals surface area contributed by atoms with E-state index < -0.39 is 0 Å². The monoisotopic (exact) mass is 419 g/mol. The molecule has 2 rings (SSSR count). The van der Waals surface area contributed by atoms with Crippen LogP contribution < -0.4 is 10.6 Å². The van der Waals surface area contributed by atoms with E-state index in [2.05, 4.69) is 36.4 Å². The Morgan fingerprint density at radius 1 is 1.27 bits per heavy atom. The number of rotatable bonds is 4. The Hall–Kier alpha value is -0.850. The normalized spacial score (nSPS) is 16.7. The molecule has 1 aliphatic rings. The number of halogens is 2. The maximum Gasteiger partial charge on any atom is 0.191 e. The molecule has 0 amide bonds. The highest BCUT2D eigenvalue weighted by Gasteiger charge is 2.45. The molecule has 3 nitrogen and oxygen atoms in total. The lowest BCUT2D eigenvalue weighted by Gasteiger charge is -2.24. The van der Waals surface area contributed by atoms with Crippen LogP contribution in [0.3, 0.4) is 0 Å². The molecule has 0 bridgehead atoms. The first-order valence-electron chi connectivity index (χ1n) is 7.68. The van der Waals surface area contributed by atoms with Crippen molar-refractivity contribution in [3.63, 3.8) is 0 Å². The lowest BCUT2D eigenvalue weighted by Crippen LogP contribution is -2.47. The summed E-state index contributed by atoms with van der Waals surface area (Å²) in [6.07, 6.45) is 2.01. The largest absolute Gasteiger partial charge is 0.357 e. The number of hydrogen-bond acceptors (Lipinski definition) is 1. The van der Waals surface area contributed by atoms with Gasteiger partial charge in [0.05, 0.1) is 6.54 Å². The second-order valence-electron chi connectivity index (χ2n) is 6.83. The predicted molar refractivity (Wildman–Crippen MR) is 102 cm³/mol. The van der Waals surface area contributed by atoms with E-state index in [0.717, 1.165) is 30.9 Å². The summed E-state index contributed by atoms with van der Waals surface area (Å²) in [4.78, 5) is 4.68. The van der Waals surface area contributed by atoms with E-state index in [1.807, 2.05) is 19.1 Å². The van der Waals surface area contributed by atoms with Crippen LogP contribution in [0.2, 0.25) is 0 Å². The predicted octanol–water partition coefficient (Wildman–Crippen LogP) is 3.83. The Morgan fingerprint density at radius 3 is 2.41 bits per heavy atom. The summed E-state index contributed by atoms with van der Waals surface area (Å²) in [7, 11) is 0. The maximum atomic E-state index is 14.0. The first-order chi connectivity index (χ1) is 9.86. The van der Waals surface area contributed by atoms with Crippen LogP contribution in [0.4, 0.5) is 4.39 Å². The quantitative estimate of drug-likeness (QED) is 0.442. The smallest absolute Gasteiger partial charge is 0.191 e. The molecule has 0 saturated heterocycles. The molecule has 22 heavy (non-hydrogen) atoms. The third kappa shape index (κ3) is 5.11. The molecule has 1 fully saturated rings. The van der Waals surface area contributed by atoms with Crippen molar-refractivity contribution in [3.8, 4) is 0 Å². The zero-order valence-electron chi connectivity index (χ0n) is 13.9. The number of nitrogens with zero attached hydrogens (tertiary/aromatic N) is 1. The summed E-state index contributed by atoms with van der Waals surface area (Å²) in [6.45, 7) is 9.79. The molecule has 1 aromatic carbocycles. The van der Waals surface area contributed by atoms with E-state index in [1.54, 1.807) is 6.07 Å². The van der Waals surface area contributed by atoms with Gasteiger partial charge < -0.3 is 10.6 Å². The molecule has 5 heteroatoms. The van der Waals surface area contributed by atoms with Crippen molar-refractivity contribution in [3.05, 3.63) is 35.6 Å². The molecule has 0 atom stereocenters. The second-order valence-corrected chi connectivity index (χ2v) is 6.83. The van der Waals surface area contributed by atoms with Crippen LogP contribution in [0.1, 0.15) is 46.1 Å². The zero-order valence-corrected chi connectivity index (χ0v) is 16.2. The number of benzene rings is 1. The average Bonchev–Trinajstić information content (AvgIpc) is 3.16. The van der Waals surface area contributed by atoms with Gasteiger partial charge in [0.1, 0.15) is 5.82 Å². The van der Waals surface area contributed by atoms with Crippen molar-refractivity contribution in [1.82, 2.24) is 10.6 Å². The minimum absolute atomic E-state index is 0. The van der Waals surface area contributed by atoms with Gasteiger partial charge in [0, 0.05) is 17.5 Å². The van der Waals surface area contributed by atoms with Gasteiger partial charge in [-0.05, 0) is 52.2 Å². The Balaban J connectivity index is 0.00000242. The highest BCUT2D eigenvalue weighted by Crippen LogP contribution is 2.49. The lowest BCUT2D eigenvalue weighted by atomic mass is 9.95. The van der Waals surface area contributed by atoms with Crippen LogP contribution in [0.25, 0.3) is 0 Å². The van der Waals surface area contributed by atoms with Crippen molar-refractivity contribution in [2.75, 3.05) is 13.1 Å². The molecule has 0 spiro atoms. The number of guanidine groups is 1. The second kappa shape index (κ2) is 7.62. The number of aliphatic imine (C=N–C) groups is 1. The van der Waals surface area contributed by atoms with Crippen LogP contribution in [-0.2, 0) is 5.41 Å². The van der Waals surface area contributed by atoms with Gasteiger partial charge in [0.2, 0.25) is 0 Å². The summed E-state index contributed by atoms with van der Waals surface area (Å²) < 4.78 is 14.0. The van der Waals surface area contributed by atoms with E-state index in [-0.39, 0.29) is 40.7 Å². The molecule has 1 aliphatic carbocycles. The fourth-order valence-electron chi connectivity index (χ4n) is 2.45. The Kier molecular flexibility index (Phi) is 6.65. The van der Waals surface area contributed by atoms with Crippen LogP contribution in [0, 0.1) is 5.82 Å². The van der Waals surface area contributed by atoms with E-state index in [9.17, 15) is 4.39 Å². The third-order valence-corrected chi connectivity index (χ3v) is 3.68. The summed E-state index contributed by atoms with van der Waals surface area (Å²) in [6, 6.07) is 7.07. The van der Waals surface area contributed by atoms with Gasteiger partial charge in [-0.3, -0.25) is 4.99 Å². The van der Waals surface area contributed by atoms with E-state index in [4.69, 9.17) is 0 Å². The van der Waals surface area contributed by atoms with Crippen LogP contribution in [0.15, 0.2) is 29.3 Å². The molecule has 0 aliphatic heterocycles. The highest BCUT2D eigenvalue weighted by molar-refractivity contribution is 14.0. The van der Waals surface area contributed by atoms with Gasteiger partial charge in [-0.25, -0.2) is 4.39 Å². The van der Waals surface area contributed by atoms with Crippen molar-refractivity contribution < 1.29 is 4.39 Å². The molecule has 0 aromatic heterocycles. The van der Waals surface area contributed by atoms with Crippen molar-refractivity contribution in [2.45, 2.75) is 51.5 Å². The van der Waals surface area contributed by atoms with Gasteiger partial charge >= 0.3 is 0 Å². The van der Waals surface area contributed by atoms with Crippen LogP contribution >= 0.6 is 24.0 Å². The van der Waals surface area contributed by atoms with Crippen LogP contribution in [0.5, 0.6) is 0 Å². The summed E-state index contributed by atoms with van der Waals surface area (Å²) >= 11 is 0. The Morgan fingerprint density at radius 2 is 1.91 bits per heavy atom. The Bertz CT molecular complexity index is 519. The van der Waals surface area contributed by atoms with E-state index >= 15 is 0 Å². The standard InChI is InChI=1S/C17H26FN3.HI/c1-5-19-15(21-16(2,3)4)20-12-17(10-11-17)13-8-6-7-9-14(13)18;/h6-9H,5,10-12H2,1-4H3,(H2,19,20,21);1H. The average molecular weight is 419 g/mol. The molecule has 0 unspecified atom stereocenters. The summed E-state index contributed by atoms with van der Waals surface area (Å²) in [5, 5.41) is 6.62. The lowest BCUT2D eigenvalue weighted by molar-refractivity contribution is 0.499. The minimum atomic E-state index is -0.112. The minimum Gasteiger partial charge on any atom is -0.357 e. The van der Waals surface area contributed by atoms with Gasteiger partial charge in [0.15, 0.2) is 5.96 Å². The molecule has 1 saturated carbocycles. The van der Waals surface area contributed by atoms with Crippen LogP contribution in [-0.4, -0.2) is 24.6 Å². The van der Waals surface area contributed by atoms with Gasteiger partial charge in [0.25, 0.3) is 0 Å². The molecule has 2 N–H and O–H groups in total. The third-order valence-electron chi connectivity index (χ3n) is 3.68. The van der Waals surface area contributed by atoms with Gasteiger partial charge in [-0.2, -0.15) is 0 Å². The molecule has 1 aromatic rings. The number of hydrogen-bond donors (Lipinski definition) is 2. The molecular formula is C17H27FIN3. The highest BCUT2D eigenvalue weighted by atomic mass is 127. The van der Waals surface area contributed by atoms with Gasteiger partial charge in [-0.15, -0.1) is 24.0 Å². The van der Waals surface area contributed by atoms with Crippen molar-refractivity contribution in [1.29, 1.82) is 0 Å². The van der Waals surface area contributed by atoms with Crippen molar-refractivity contribution in [2.24, 2.45) is 4.99 Å². The van der Waals surface area contributed by atoms with E-state index in [0.29, 0.717) is 6.54 Å². The molecule has 0 radical (unpaired) electrons. The Labute approximate surface area is 150 Å². The molecular weight excluding hydrogens is 392 g/mol. The van der Waals surface area contributed by atoms with E-state index in [1.165, 1.54) is 6.07 Å². The fraction of sp³-hybridized carbons (Fsp3) is 0.588. The first kappa shape index (κ1) is 19.2. The number of nitrogens with one attached hydrogen (secondary N) is 2. The molecule has 124 valence electrons. The van der Waals surface area contributed by atoms with Gasteiger partial charge in [-0.1, -0.05) is 18.2 Å². The topological polar surface area (TPSA) is 36.4 Å².